The van der Waals surface area contributed by atoms with Gasteiger partial charge < -0.3 is 5.73 Å². The van der Waals surface area contributed by atoms with E-state index in [1.54, 1.807) is 38.0 Å². The molecule has 4 rings (SSSR count). The Labute approximate surface area is 158 Å². The Bertz CT molecular complexity index is 1230. The number of aryl methyl sites for hydroxylation is 4. The first-order chi connectivity index (χ1) is 13.3. The zero-order valence-corrected chi connectivity index (χ0v) is 15.8. The first-order valence-corrected chi connectivity index (χ1v) is 8.59. The van der Waals surface area contributed by atoms with Crippen LogP contribution in [0, 0.1) is 12.7 Å². The lowest BCUT2D eigenvalue weighted by Gasteiger charge is -2.04. The number of fused-ring (bicyclic) bond motifs is 1. The second kappa shape index (κ2) is 6.22. The summed E-state index contributed by atoms with van der Waals surface area (Å²) in [5.41, 5.74) is 7.05. The molecule has 0 radical (unpaired) electrons. The van der Waals surface area contributed by atoms with E-state index >= 15 is 0 Å². The van der Waals surface area contributed by atoms with Gasteiger partial charge in [0.05, 0.1) is 17.4 Å². The van der Waals surface area contributed by atoms with Gasteiger partial charge in [-0.2, -0.15) is 10.2 Å². The average Bonchev–Trinajstić information content (AvgIpc) is 3.31. The number of rotatable bonds is 4. The van der Waals surface area contributed by atoms with Crippen molar-refractivity contribution in [2.24, 2.45) is 19.8 Å². The number of pyridine rings is 1. The molecule has 11 heteroatoms. The summed E-state index contributed by atoms with van der Waals surface area (Å²) in [6.45, 7) is 3.91. The van der Waals surface area contributed by atoms with Gasteiger partial charge in [0.1, 0.15) is 17.1 Å². The molecule has 0 atom stereocenters. The van der Waals surface area contributed by atoms with Crippen LogP contribution >= 0.6 is 0 Å². The van der Waals surface area contributed by atoms with Crippen LogP contribution in [0.5, 0.6) is 0 Å². The molecule has 0 aliphatic carbocycles. The van der Waals surface area contributed by atoms with Crippen molar-refractivity contribution in [3.63, 3.8) is 0 Å². The number of halogens is 1. The quantitative estimate of drug-likeness (QED) is 0.565. The molecule has 0 aliphatic rings. The van der Waals surface area contributed by atoms with Gasteiger partial charge >= 0.3 is 0 Å². The van der Waals surface area contributed by atoms with E-state index in [9.17, 15) is 9.18 Å². The largest absolute Gasteiger partial charge is 0.364 e. The molecular formula is C17H18FN9O. The van der Waals surface area contributed by atoms with E-state index in [0.29, 0.717) is 29.0 Å². The first kappa shape index (κ1) is 17.8. The van der Waals surface area contributed by atoms with Crippen LogP contribution in [0.25, 0.3) is 33.9 Å². The predicted molar refractivity (Wildman–Crippen MR) is 98.6 cm³/mol. The fourth-order valence-electron chi connectivity index (χ4n) is 3.13. The van der Waals surface area contributed by atoms with Gasteiger partial charge in [0.2, 0.25) is 5.82 Å². The van der Waals surface area contributed by atoms with Crippen LogP contribution in [0.2, 0.25) is 0 Å². The van der Waals surface area contributed by atoms with E-state index in [4.69, 9.17) is 5.73 Å². The van der Waals surface area contributed by atoms with Gasteiger partial charge in [0.15, 0.2) is 11.6 Å². The number of primary amides is 1. The van der Waals surface area contributed by atoms with E-state index in [1.807, 2.05) is 6.92 Å². The summed E-state index contributed by atoms with van der Waals surface area (Å²) in [6.07, 6.45) is 1.62. The lowest BCUT2D eigenvalue weighted by Crippen LogP contribution is -2.14. The van der Waals surface area contributed by atoms with Crippen molar-refractivity contribution in [2.45, 2.75) is 20.4 Å². The third-order valence-electron chi connectivity index (χ3n) is 4.54. The zero-order chi connectivity index (χ0) is 20.2. The molecule has 0 aromatic carbocycles. The molecule has 0 spiro atoms. The second-order valence-electron chi connectivity index (χ2n) is 6.37. The van der Waals surface area contributed by atoms with Gasteiger partial charge in [-0.25, -0.2) is 19.0 Å². The minimum atomic E-state index is -0.669. The van der Waals surface area contributed by atoms with Gasteiger partial charge in [-0.1, -0.05) is 0 Å². The normalized spacial score (nSPS) is 11.5. The van der Waals surface area contributed by atoms with Gasteiger partial charge in [0, 0.05) is 26.0 Å². The van der Waals surface area contributed by atoms with Gasteiger partial charge in [-0.05, 0) is 19.9 Å². The lowest BCUT2D eigenvalue weighted by molar-refractivity contribution is 0.0996. The number of hydrogen-bond donors (Lipinski definition) is 1. The zero-order valence-electron chi connectivity index (χ0n) is 15.8. The first-order valence-electron chi connectivity index (χ1n) is 8.59. The Morgan fingerprint density at radius 1 is 1.21 bits per heavy atom. The molecule has 0 unspecified atom stereocenters. The van der Waals surface area contributed by atoms with Gasteiger partial charge in [-0.3, -0.25) is 14.2 Å². The van der Waals surface area contributed by atoms with Crippen molar-refractivity contribution in [2.75, 3.05) is 0 Å². The van der Waals surface area contributed by atoms with Crippen molar-refractivity contribution >= 4 is 16.8 Å². The summed E-state index contributed by atoms with van der Waals surface area (Å²) in [5.74, 6) is -0.598. The van der Waals surface area contributed by atoms with Crippen LogP contribution in [0.15, 0.2) is 12.3 Å². The van der Waals surface area contributed by atoms with E-state index in [0.717, 1.165) is 0 Å². The second-order valence-corrected chi connectivity index (χ2v) is 6.37. The molecule has 10 nitrogen and oxygen atoms in total. The Balaban J connectivity index is 1.97. The Kier molecular flexibility index (Phi) is 3.95. The van der Waals surface area contributed by atoms with Crippen LogP contribution < -0.4 is 5.73 Å². The third-order valence-corrected chi connectivity index (χ3v) is 4.54. The Morgan fingerprint density at radius 2 is 1.96 bits per heavy atom. The minimum Gasteiger partial charge on any atom is -0.364 e. The van der Waals surface area contributed by atoms with E-state index in [1.165, 1.54) is 9.36 Å². The molecule has 0 saturated carbocycles. The Morgan fingerprint density at radius 3 is 2.64 bits per heavy atom. The average molecular weight is 383 g/mol. The standard InChI is InChI=1S/C17H18FN9O/c1-5-27-14(12(18)8(2)23-27)16-22-17(26(4)24-16)13-9-7-20-25(3)11(9)6-10(21-13)15(19)28/h6-7H,5H2,1-4H3,(H2,19,28). The molecule has 4 aromatic rings. The Hall–Kier alpha value is -3.63. The smallest absolute Gasteiger partial charge is 0.267 e. The molecule has 0 bridgehead atoms. The lowest BCUT2D eigenvalue weighted by atomic mass is 10.2. The fourth-order valence-corrected chi connectivity index (χ4v) is 3.13. The maximum atomic E-state index is 14.6. The summed E-state index contributed by atoms with van der Waals surface area (Å²) in [7, 11) is 3.42. The maximum Gasteiger partial charge on any atom is 0.267 e. The summed E-state index contributed by atoms with van der Waals surface area (Å²) >= 11 is 0. The summed E-state index contributed by atoms with van der Waals surface area (Å²) in [5, 5.41) is 13.4. The highest BCUT2D eigenvalue weighted by molar-refractivity contribution is 5.99. The van der Waals surface area contributed by atoms with Crippen molar-refractivity contribution < 1.29 is 9.18 Å². The number of carbonyl (C=O) groups excluding carboxylic acids is 1. The number of aromatic nitrogens is 8. The van der Waals surface area contributed by atoms with Crippen LogP contribution in [-0.4, -0.2) is 45.2 Å². The molecule has 28 heavy (non-hydrogen) atoms. The number of carbonyl (C=O) groups is 1. The highest BCUT2D eigenvalue weighted by Crippen LogP contribution is 2.29. The van der Waals surface area contributed by atoms with Crippen LogP contribution in [0.1, 0.15) is 23.1 Å². The molecule has 4 heterocycles. The maximum absolute atomic E-state index is 14.6. The predicted octanol–water partition coefficient (Wildman–Crippen LogP) is 1.19. The highest BCUT2D eigenvalue weighted by Gasteiger charge is 2.24. The van der Waals surface area contributed by atoms with E-state index in [-0.39, 0.29) is 22.9 Å². The number of nitrogens with zero attached hydrogens (tertiary/aromatic N) is 8. The molecule has 1 amide bonds. The van der Waals surface area contributed by atoms with Crippen LogP contribution in [0.4, 0.5) is 4.39 Å². The molecular weight excluding hydrogens is 365 g/mol. The number of nitrogens with two attached hydrogens (primary N) is 1. The fraction of sp³-hybridized carbons (Fsp3) is 0.294. The van der Waals surface area contributed by atoms with Gasteiger partial charge in [-0.15, -0.1) is 5.10 Å². The SMILES string of the molecule is CCn1nc(C)c(F)c1-c1nc(-c2nc(C(N)=O)cc3c2cnn3C)n(C)n1. The van der Waals surface area contributed by atoms with Crippen molar-refractivity contribution in [3.8, 4) is 23.0 Å². The molecule has 144 valence electrons. The van der Waals surface area contributed by atoms with E-state index in [2.05, 4.69) is 25.3 Å². The van der Waals surface area contributed by atoms with E-state index < -0.39 is 11.7 Å². The van der Waals surface area contributed by atoms with Crippen LogP contribution in [-0.2, 0) is 20.6 Å². The monoisotopic (exact) mass is 383 g/mol. The number of amides is 1. The molecule has 0 saturated heterocycles. The topological polar surface area (TPSA) is 122 Å². The minimum absolute atomic E-state index is 0.0799. The summed E-state index contributed by atoms with van der Waals surface area (Å²) in [4.78, 5) is 20.6. The van der Waals surface area contributed by atoms with Gasteiger partial charge in [0.25, 0.3) is 5.91 Å². The molecule has 2 N–H and O–H groups in total. The third kappa shape index (κ3) is 2.54. The summed E-state index contributed by atoms with van der Waals surface area (Å²) in [6, 6.07) is 1.57. The summed E-state index contributed by atoms with van der Waals surface area (Å²) < 4.78 is 19.2. The molecule has 0 fully saturated rings. The van der Waals surface area contributed by atoms with Crippen molar-refractivity contribution in [3.05, 3.63) is 29.5 Å². The van der Waals surface area contributed by atoms with Crippen molar-refractivity contribution in [1.29, 1.82) is 0 Å². The highest BCUT2D eigenvalue weighted by atomic mass is 19.1. The van der Waals surface area contributed by atoms with Crippen LogP contribution in [0.3, 0.4) is 0 Å². The van der Waals surface area contributed by atoms with Crippen molar-refractivity contribution in [1.82, 2.24) is 39.3 Å². The molecule has 4 aromatic heterocycles. The number of hydrogen-bond acceptors (Lipinski definition) is 6. The molecule has 0 aliphatic heterocycles.